The predicted octanol–water partition coefficient (Wildman–Crippen LogP) is 2.05. The molecule has 0 amide bonds. The SMILES string of the molecule is Cn1ccnc(N2CCCC(NC/C=C/c3ccccc3)C2)c1=O. The first kappa shape index (κ1) is 16.5. The van der Waals surface area contributed by atoms with E-state index in [0.29, 0.717) is 11.9 Å². The zero-order chi connectivity index (χ0) is 16.8. The highest BCUT2D eigenvalue weighted by Gasteiger charge is 2.22. The summed E-state index contributed by atoms with van der Waals surface area (Å²) in [5.74, 6) is 0.561. The van der Waals surface area contributed by atoms with E-state index in [1.165, 1.54) is 5.56 Å². The van der Waals surface area contributed by atoms with Crippen molar-refractivity contribution in [1.82, 2.24) is 14.9 Å². The summed E-state index contributed by atoms with van der Waals surface area (Å²) in [4.78, 5) is 18.6. The monoisotopic (exact) mass is 324 g/mol. The molecule has 5 heteroatoms. The molecule has 1 saturated heterocycles. The highest BCUT2D eigenvalue weighted by molar-refractivity contribution is 5.48. The summed E-state index contributed by atoms with van der Waals surface area (Å²) < 4.78 is 1.59. The van der Waals surface area contributed by atoms with Crippen molar-refractivity contribution in [3.63, 3.8) is 0 Å². The zero-order valence-electron chi connectivity index (χ0n) is 14.1. The molecule has 5 nitrogen and oxygen atoms in total. The lowest BCUT2D eigenvalue weighted by molar-refractivity contribution is 0.435. The molecule has 1 atom stereocenters. The van der Waals surface area contributed by atoms with Gasteiger partial charge < -0.3 is 14.8 Å². The van der Waals surface area contributed by atoms with Crippen molar-refractivity contribution in [2.75, 3.05) is 24.5 Å². The molecule has 0 saturated carbocycles. The second kappa shape index (κ2) is 7.93. The lowest BCUT2D eigenvalue weighted by atomic mass is 10.1. The van der Waals surface area contributed by atoms with Crippen LogP contribution in [0.4, 0.5) is 5.82 Å². The Bertz CT molecular complexity index is 739. The Morgan fingerprint density at radius 3 is 3.00 bits per heavy atom. The van der Waals surface area contributed by atoms with Gasteiger partial charge in [-0.2, -0.15) is 0 Å². The number of aromatic nitrogens is 2. The van der Waals surface area contributed by atoms with Gasteiger partial charge in [-0.3, -0.25) is 4.79 Å². The number of rotatable bonds is 5. The average molecular weight is 324 g/mol. The molecule has 1 aliphatic heterocycles. The van der Waals surface area contributed by atoms with Crippen LogP contribution in [0.15, 0.2) is 53.6 Å². The molecule has 2 aromatic rings. The largest absolute Gasteiger partial charge is 0.350 e. The maximum absolute atomic E-state index is 12.2. The first-order valence-electron chi connectivity index (χ1n) is 8.45. The highest BCUT2D eigenvalue weighted by atomic mass is 16.1. The smallest absolute Gasteiger partial charge is 0.293 e. The van der Waals surface area contributed by atoms with Gasteiger partial charge in [0.2, 0.25) is 0 Å². The molecule has 1 unspecified atom stereocenters. The predicted molar refractivity (Wildman–Crippen MR) is 98.2 cm³/mol. The molecule has 0 aliphatic carbocycles. The Kier molecular flexibility index (Phi) is 5.43. The summed E-state index contributed by atoms with van der Waals surface area (Å²) in [5, 5.41) is 3.56. The summed E-state index contributed by atoms with van der Waals surface area (Å²) in [7, 11) is 1.77. The molecule has 1 fully saturated rings. The molecule has 24 heavy (non-hydrogen) atoms. The van der Waals surface area contributed by atoms with Gasteiger partial charge in [0.25, 0.3) is 5.56 Å². The van der Waals surface area contributed by atoms with Gasteiger partial charge in [-0.25, -0.2) is 4.98 Å². The topological polar surface area (TPSA) is 50.2 Å². The van der Waals surface area contributed by atoms with Gasteiger partial charge in [-0.1, -0.05) is 42.5 Å². The van der Waals surface area contributed by atoms with Crippen LogP contribution in [-0.4, -0.2) is 35.2 Å². The maximum atomic E-state index is 12.2. The van der Waals surface area contributed by atoms with Crippen LogP contribution in [0.2, 0.25) is 0 Å². The van der Waals surface area contributed by atoms with E-state index in [4.69, 9.17) is 0 Å². The summed E-state index contributed by atoms with van der Waals surface area (Å²) in [6.07, 6.45) is 9.86. The van der Waals surface area contributed by atoms with Crippen molar-refractivity contribution in [3.05, 3.63) is 64.7 Å². The maximum Gasteiger partial charge on any atom is 0.293 e. The second-order valence-corrected chi connectivity index (χ2v) is 6.17. The molecule has 1 N–H and O–H groups in total. The molecule has 0 bridgehead atoms. The number of nitrogens with one attached hydrogen (secondary N) is 1. The number of piperidine rings is 1. The summed E-state index contributed by atoms with van der Waals surface area (Å²) in [6, 6.07) is 10.7. The number of nitrogens with zero attached hydrogens (tertiary/aromatic N) is 3. The number of benzene rings is 1. The van der Waals surface area contributed by atoms with Crippen molar-refractivity contribution in [2.24, 2.45) is 7.05 Å². The third kappa shape index (κ3) is 4.11. The number of hydrogen-bond donors (Lipinski definition) is 1. The van der Waals surface area contributed by atoms with E-state index in [9.17, 15) is 4.79 Å². The van der Waals surface area contributed by atoms with Gasteiger partial charge in [-0.15, -0.1) is 0 Å². The lowest BCUT2D eigenvalue weighted by Crippen LogP contribution is -2.48. The van der Waals surface area contributed by atoms with E-state index < -0.39 is 0 Å². The van der Waals surface area contributed by atoms with Crippen molar-refractivity contribution in [1.29, 1.82) is 0 Å². The molecule has 1 aromatic carbocycles. The average Bonchev–Trinajstić information content (AvgIpc) is 2.62. The van der Waals surface area contributed by atoms with E-state index >= 15 is 0 Å². The van der Waals surface area contributed by atoms with Crippen LogP contribution in [0.1, 0.15) is 18.4 Å². The van der Waals surface area contributed by atoms with Crippen LogP contribution < -0.4 is 15.8 Å². The van der Waals surface area contributed by atoms with E-state index in [2.05, 4.69) is 39.5 Å². The van der Waals surface area contributed by atoms with Crippen LogP contribution in [0.3, 0.4) is 0 Å². The first-order valence-corrected chi connectivity index (χ1v) is 8.45. The number of hydrogen-bond acceptors (Lipinski definition) is 4. The molecule has 3 rings (SSSR count). The minimum Gasteiger partial charge on any atom is -0.350 e. The van der Waals surface area contributed by atoms with Crippen LogP contribution in [0, 0.1) is 0 Å². The van der Waals surface area contributed by atoms with Crippen molar-refractivity contribution in [3.8, 4) is 0 Å². The first-order chi connectivity index (χ1) is 11.7. The van der Waals surface area contributed by atoms with Crippen molar-refractivity contribution >= 4 is 11.9 Å². The normalized spacial score (nSPS) is 18.2. The molecule has 2 heterocycles. The van der Waals surface area contributed by atoms with Gasteiger partial charge in [0.15, 0.2) is 5.82 Å². The molecular formula is C19H24N4O. The second-order valence-electron chi connectivity index (χ2n) is 6.17. The standard InChI is InChI=1S/C19H24N4O/c1-22-14-12-21-18(19(22)24)23-13-6-10-17(15-23)20-11-5-9-16-7-3-2-4-8-16/h2-5,7-9,12,14,17,20H,6,10-11,13,15H2,1H3/b9-5+. The van der Waals surface area contributed by atoms with Gasteiger partial charge in [-0.05, 0) is 18.4 Å². The number of aryl methyl sites for hydroxylation is 1. The van der Waals surface area contributed by atoms with Crippen LogP contribution in [0.25, 0.3) is 6.08 Å². The Labute approximate surface area is 142 Å². The van der Waals surface area contributed by atoms with Crippen molar-refractivity contribution < 1.29 is 0 Å². The third-order valence-electron chi connectivity index (χ3n) is 4.35. The quantitative estimate of drug-likeness (QED) is 0.914. The van der Waals surface area contributed by atoms with E-state index in [0.717, 1.165) is 32.5 Å². The zero-order valence-corrected chi connectivity index (χ0v) is 14.1. The molecular weight excluding hydrogens is 300 g/mol. The van der Waals surface area contributed by atoms with Gasteiger partial charge in [0, 0.05) is 45.1 Å². The summed E-state index contributed by atoms with van der Waals surface area (Å²) >= 11 is 0. The Balaban J connectivity index is 1.55. The van der Waals surface area contributed by atoms with Gasteiger partial charge in [0.05, 0.1) is 0 Å². The summed E-state index contributed by atoms with van der Waals surface area (Å²) in [5.41, 5.74) is 1.18. The van der Waals surface area contributed by atoms with Crippen LogP contribution in [0.5, 0.6) is 0 Å². The highest BCUT2D eigenvalue weighted by Crippen LogP contribution is 2.14. The minimum atomic E-state index is -0.0258. The van der Waals surface area contributed by atoms with E-state index in [1.54, 1.807) is 24.0 Å². The van der Waals surface area contributed by atoms with E-state index in [1.807, 2.05) is 18.2 Å². The fourth-order valence-corrected chi connectivity index (χ4v) is 3.03. The summed E-state index contributed by atoms with van der Waals surface area (Å²) in [6.45, 7) is 2.54. The minimum absolute atomic E-state index is 0.0258. The van der Waals surface area contributed by atoms with Crippen LogP contribution >= 0.6 is 0 Å². The van der Waals surface area contributed by atoms with Gasteiger partial charge in [0.1, 0.15) is 0 Å². The lowest BCUT2D eigenvalue weighted by Gasteiger charge is -2.33. The van der Waals surface area contributed by atoms with E-state index in [-0.39, 0.29) is 5.56 Å². The third-order valence-corrected chi connectivity index (χ3v) is 4.35. The van der Waals surface area contributed by atoms with Crippen LogP contribution in [-0.2, 0) is 7.05 Å². The molecule has 0 radical (unpaired) electrons. The van der Waals surface area contributed by atoms with Gasteiger partial charge >= 0.3 is 0 Å². The molecule has 1 aromatic heterocycles. The molecule has 126 valence electrons. The molecule has 1 aliphatic rings. The Morgan fingerprint density at radius 1 is 1.33 bits per heavy atom. The number of anilines is 1. The fraction of sp³-hybridized carbons (Fsp3) is 0.368. The fourth-order valence-electron chi connectivity index (χ4n) is 3.03. The Hall–Kier alpha value is -2.40. The van der Waals surface area contributed by atoms with Crippen molar-refractivity contribution in [2.45, 2.75) is 18.9 Å². The Morgan fingerprint density at radius 2 is 2.17 bits per heavy atom. The molecule has 0 spiro atoms.